The van der Waals surface area contributed by atoms with Crippen LogP contribution in [0.1, 0.15) is 20.3 Å². The lowest BCUT2D eigenvalue weighted by Gasteiger charge is -2.03. The Balaban J connectivity index is 2.78. The number of para-hydroxylation sites is 2. The van der Waals surface area contributed by atoms with Gasteiger partial charge in [0, 0.05) is 11.8 Å². The number of nitriles is 1. The van der Waals surface area contributed by atoms with Gasteiger partial charge < -0.3 is 4.74 Å². The van der Waals surface area contributed by atoms with Gasteiger partial charge in [0.15, 0.2) is 0 Å². The second-order valence-corrected chi connectivity index (χ2v) is 4.73. The monoisotopic (exact) mass is 360 g/mol. The Morgan fingerprint density at radius 3 is 2.65 bits per heavy atom. The maximum atomic E-state index is 11.9. The molecule has 0 heterocycles. The summed E-state index contributed by atoms with van der Waals surface area (Å²) in [5.74, 6) is -1.45. The molecule has 1 aromatic carbocycles. The van der Waals surface area contributed by atoms with E-state index in [0.29, 0.717) is 0 Å². The van der Waals surface area contributed by atoms with E-state index in [-0.39, 0.29) is 30.1 Å². The number of benzene rings is 1. The number of hydrogen-bond donors (Lipinski definition) is 2. The van der Waals surface area contributed by atoms with Gasteiger partial charge in [0.1, 0.15) is 11.8 Å². The number of anilines is 1. The minimum absolute atomic E-state index is 0.0139. The summed E-state index contributed by atoms with van der Waals surface area (Å²) in [7, 11) is 0. The highest BCUT2D eigenvalue weighted by Crippen LogP contribution is 2.22. The molecule has 0 unspecified atom stereocenters. The third kappa shape index (κ3) is 6.36. The number of hydrazone groups is 2. The van der Waals surface area contributed by atoms with E-state index in [0.717, 1.165) is 0 Å². The molecular formula is C15H16N6O5. The highest BCUT2D eigenvalue weighted by Gasteiger charge is 2.14. The Hall–Kier alpha value is -3.81. The first kappa shape index (κ1) is 20.2. The molecular weight excluding hydrogens is 344 g/mol. The van der Waals surface area contributed by atoms with Crippen molar-refractivity contribution in [1.29, 1.82) is 5.26 Å². The average molecular weight is 360 g/mol. The van der Waals surface area contributed by atoms with E-state index in [1.54, 1.807) is 13.0 Å². The molecule has 26 heavy (non-hydrogen) atoms. The Morgan fingerprint density at radius 2 is 2.04 bits per heavy atom. The maximum absolute atomic E-state index is 11.9. The van der Waals surface area contributed by atoms with E-state index in [1.807, 2.05) is 0 Å². The van der Waals surface area contributed by atoms with E-state index >= 15 is 0 Å². The van der Waals surface area contributed by atoms with Crippen LogP contribution in [-0.2, 0) is 14.3 Å². The lowest BCUT2D eigenvalue weighted by molar-refractivity contribution is -0.384. The molecule has 11 nitrogen and oxygen atoms in total. The van der Waals surface area contributed by atoms with Crippen molar-refractivity contribution in [1.82, 2.24) is 5.43 Å². The number of nitrogens with one attached hydrogen (secondary N) is 2. The van der Waals surface area contributed by atoms with Crippen LogP contribution in [0.15, 0.2) is 34.5 Å². The number of carbonyl (C=O) groups is 2. The smallest absolute Gasteiger partial charge is 0.311 e. The molecule has 0 aliphatic carbocycles. The van der Waals surface area contributed by atoms with Crippen LogP contribution in [0.25, 0.3) is 0 Å². The third-order valence-corrected chi connectivity index (χ3v) is 2.76. The topological polar surface area (TPSA) is 159 Å². The molecule has 0 saturated carbocycles. The van der Waals surface area contributed by atoms with Crippen molar-refractivity contribution in [2.45, 2.75) is 20.3 Å². The van der Waals surface area contributed by atoms with Crippen molar-refractivity contribution in [3.05, 3.63) is 34.4 Å². The van der Waals surface area contributed by atoms with Crippen LogP contribution < -0.4 is 10.9 Å². The zero-order valence-corrected chi connectivity index (χ0v) is 14.1. The summed E-state index contributed by atoms with van der Waals surface area (Å²) in [6.07, 6.45) is -0.123. The number of amides is 1. The van der Waals surface area contributed by atoms with E-state index in [9.17, 15) is 19.7 Å². The standard InChI is InChI=1S/C15H16N6O5/c1-3-26-14(22)8-10(2)17-20-15(23)12(9-16)19-18-11-6-4-5-7-13(11)21(24)25/h4-7,18H,3,8H2,1-2H3,(H,20,23)/b17-10+,19-12+. The molecule has 0 spiro atoms. The van der Waals surface area contributed by atoms with Crippen LogP contribution in [0.4, 0.5) is 11.4 Å². The second-order valence-electron chi connectivity index (χ2n) is 4.73. The average Bonchev–Trinajstić information content (AvgIpc) is 2.60. The normalized spacial score (nSPS) is 11.3. The van der Waals surface area contributed by atoms with Crippen molar-refractivity contribution in [3.63, 3.8) is 0 Å². The first-order valence-electron chi connectivity index (χ1n) is 7.35. The first-order chi connectivity index (χ1) is 12.4. The number of hydrogen-bond acceptors (Lipinski definition) is 9. The summed E-state index contributed by atoms with van der Waals surface area (Å²) in [4.78, 5) is 33.4. The van der Waals surface area contributed by atoms with Gasteiger partial charge >= 0.3 is 11.9 Å². The molecule has 2 N–H and O–H groups in total. The second kappa shape index (κ2) is 10.1. The van der Waals surface area contributed by atoms with Gasteiger partial charge in [0.2, 0.25) is 5.71 Å². The number of nitro benzene ring substituents is 1. The molecule has 1 rings (SSSR count). The highest BCUT2D eigenvalue weighted by atomic mass is 16.6. The number of carbonyl (C=O) groups excluding carboxylic acids is 2. The van der Waals surface area contributed by atoms with Crippen LogP contribution in [0.5, 0.6) is 0 Å². The van der Waals surface area contributed by atoms with Crippen molar-refractivity contribution in [2.24, 2.45) is 10.2 Å². The summed E-state index contributed by atoms with van der Waals surface area (Å²) in [5.41, 5.74) is 3.78. The highest BCUT2D eigenvalue weighted by molar-refractivity contribution is 6.45. The first-order valence-corrected chi connectivity index (χ1v) is 7.35. The molecule has 0 fully saturated rings. The zero-order chi connectivity index (χ0) is 19.5. The van der Waals surface area contributed by atoms with Crippen LogP contribution in [0, 0.1) is 21.4 Å². The molecule has 0 saturated heterocycles. The minimum Gasteiger partial charge on any atom is -0.466 e. The summed E-state index contributed by atoms with van der Waals surface area (Å²) in [6, 6.07) is 7.16. The minimum atomic E-state index is -0.943. The Morgan fingerprint density at radius 1 is 1.35 bits per heavy atom. The molecule has 1 amide bonds. The van der Waals surface area contributed by atoms with Gasteiger partial charge in [0.05, 0.1) is 18.0 Å². The molecule has 0 radical (unpaired) electrons. The van der Waals surface area contributed by atoms with Gasteiger partial charge in [-0.2, -0.15) is 15.5 Å². The van der Waals surface area contributed by atoms with Gasteiger partial charge in [-0.3, -0.25) is 25.1 Å². The fourth-order valence-electron chi connectivity index (χ4n) is 1.63. The van der Waals surface area contributed by atoms with Gasteiger partial charge in [-0.15, -0.1) is 0 Å². The number of esters is 1. The molecule has 136 valence electrons. The molecule has 0 aliphatic heterocycles. The van der Waals surface area contributed by atoms with Crippen LogP contribution >= 0.6 is 0 Å². The fourth-order valence-corrected chi connectivity index (χ4v) is 1.63. The quantitative estimate of drug-likeness (QED) is 0.306. The molecule has 0 aromatic heterocycles. The van der Waals surface area contributed by atoms with Crippen molar-refractivity contribution < 1.29 is 19.2 Å². The molecule has 11 heteroatoms. The Bertz CT molecular complexity index is 796. The van der Waals surface area contributed by atoms with Gasteiger partial charge in [-0.1, -0.05) is 12.1 Å². The Labute approximate surface area is 148 Å². The van der Waals surface area contributed by atoms with E-state index in [1.165, 1.54) is 31.2 Å². The van der Waals surface area contributed by atoms with Crippen molar-refractivity contribution >= 4 is 34.7 Å². The number of rotatable bonds is 8. The van der Waals surface area contributed by atoms with Crippen LogP contribution in [-0.4, -0.2) is 34.8 Å². The number of nitro groups is 1. The van der Waals surface area contributed by atoms with Crippen molar-refractivity contribution in [2.75, 3.05) is 12.0 Å². The number of ether oxygens (including phenoxy) is 1. The Kier molecular flexibility index (Phi) is 7.89. The summed E-state index contributed by atoms with van der Waals surface area (Å²) in [5, 5.41) is 27.1. The maximum Gasteiger partial charge on any atom is 0.311 e. The van der Waals surface area contributed by atoms with E-state index in [4.69, 9.17) is 10.00 Å². The lowest BCUT2D eigenvalue weighted by Crippen LogP contribution is -2.28. The summed E-state index contributed by atoms with van der Waals surface area (Å²) < 4.78 is 4.73. The largest absolute Gasteiger partial charge is 0.466 e. The predicted octanol–water partition coefficient (Wildman–Crippen LogP) is 1.33. The molecule has 0 aliphatic rings. The van der Waals surface area contributed by atoms with E-state index in [2.05, 4.69) is 21.1 Å². The van der Waals surface area contributed by atoms with Crippen LogP contribution in [0.3, 0.4) is 0 Å². The predicted molar refractivity (Wildman–Crippen MR) is 92.3 cm³/mol. The summed E-state index contributed by atoms with van der Waals surface area (Å²) >= 11 is 0. The SMILES string of the molecule is CCOC(=O)C/C(C)=N/NC(=O)/C(C#N)=N/Nc1ccccc1[N+](=O)[O-]. The molecule has 1 aromatic rings. The number of nitrogens with zero attached hydrogens (tertiary/aromatic N) is 4. The third-order valence-electron chi connectivity index (χ3n) is 2.76. The van der Waals surface area contributed by atoms with Gasteiger partial charge in [-0.05, 0) is 19.9 Å². The fraction of sp³-hybridized carbons (Fsp3) is 0.267. The lowest BCUT2D eigenvalue weighted by atomic mass is 10.3. The van der Waals surface area contributed by atoms with Crippen molar-refractivity contribution in [3.8, 4) is 6.07 Å². The van der Waals surface area contributed by atoms with Gasteiger partial charge in [0.25, 0.3) is 5.69 Å². The molecule has 0 atom stereocenters. The molecule has 0 bridgehead atoms. The zero-order valence-electron chi connectivity index (χ0n) is 14.1. The van der Waals surface area contributed by atoms with Gasteiger partial charge in [-0.25, -0.2) is 5.43 Å². The summed E-state index contributed by atoms with van der Waals surface area (Å²) in [6.45, 7) is 3.37. The van der Waals surface area contributed by atoms with Crippen LogP contribution in [0.2, 0.25) is 0 Å². The van der Waals surface area contributed by atoms with E-state index < -0.39 is 22.5 Å².